The molecule has 23 heavy (non-hydrogen) atoms. The maximum atomic E-state index is 11.0. The van der Waals surface area contributed by atoms with Crippen molar-refractivity contribution in [1.29, 1.82) is 0 Å². The molecule has 4 rings (SSSR count). The van der Waals surface area contributed by atoms with E-state index < -0.39 is 0 Å². The van der Waals surface area contributed by atoms with E-state index in [1.165, 1.54) is 0 Å². The first kappa shape index (κ1) is 17.0. The Hall–Kier alpha value is 0.610. The predicted molar refractivity (Wildman–Crippen MR) is 98.3 cm³/mol. The van der Waals surface area contributed by atoms with E-state index in [2.05, 4.69) is 36.4 Å². The third-order valence-corrected chi connectivity index (χ3v) is 9.78. The smallest absolute Gasteiger partial charge is 0.0714 e. The van der Waals surface area contributed by atoms with Crippen LogP contribution in [0.15, 0.2) is 0 Å². The summed E-state index contributed by atoms with van der Waals surface area (Å²) in [4.78, 5) is 0. The van der Waals surface area contributed by atoms with Gasteiger partial charge in [0.2, 0.25) is 0 Å². The number of hydrogen-bond donors (Lipinski definition) is 3. The third-order valence-electron chi connectivity index (χ3n) is 8.59. The third kappa shape index (κ3) is 2.30. The first-order valence-electron chi connectivity index (χ1n) is 9.45. The van der Waals surface area contributed by atoms with Gasteiger partial charge < -0.3 is 15.3 Å². The van der Waals surface area contributed by atoms with Gasteiger partial charge in [-0.1, -0.05) is 36.4 Å². The molecule has 4 aliphatic carbocycles. The molecule has 4 saturated carbocycles. The summed E-state index contributed by atoms with van der Waals surface area (Å²) in [5, 5.41) is 31.8. The molecular weight excluding hydrogens is 403 g/mol. The van der Waals surface area contributed by atoms with Gasteiger partial charge in [-0.25, -0.2) is 0 Å². The molecule has 0 aromatic rings. The summed E-state index contributed by atoms with van der Waals surface area (Å²) in [5.41, 5.74) is 0.268. The maximum absolute atomic E-state index is 11.0. The Balaban J connectivity index is 1.68. The molecule has 0 aromatic heterocycles. The van der Waals surface area contributed by atoms with Crippen LogP contribution in [0, 0.1) is 34.5 Å². The molecule has 4 aliphatic rings. The lowest BCUT2D eigenvalue weighted by atomic mass is 9.44. The topological polar surface area (TPSA) is 60.7 Å². The van der Waals surface area contributed by atoms with Crippen molar-refractivity contribution in [3.05, 3.63) is 0 Å². The van der Waals surface area contributed by atoms with E-state index in [9.17, 15) is 15.3 Å². The average Bonchev–Trinajstić information content (AvgIpc) is 2.73. The average molecular weight is 434 g/mol. The fourth-order valence-electron chi connectivity index (χ4n) is 7.15. The number of fused-ring (bicyclic) bond motifs is 5. The predicted octanol–water partition coefficient (Wildman–Crippen LogP) is 3.14. The fraction of sp³-hybridized carbons (Fsp3) is 1.00. The molecule has 3 nitrogen and oxygen atoms in total. The first-order chi connectivity index (χ1) is 10.8. The van der Waals surface area contributed by atoms with E-state index in [0.29, 0.717) is 27.6 Å². The lowest BCUT2D eigenvalue weighted by Gasteiger charge is -2.61. The van der Waals surface area contributed by atoms with Gasteiger partial charge in [-0.3, -0.25) is 0 Å². The highest BCUT2D eigenvalue weighted by atomic mass is 127. The lowest BCUT2D eigenvalue weighted by molar-refractivity contribution is -0.176. The minimum Gasteiger partial charge on any atom is -0.393 e. The molecule has 0 heterocycles. The number of halogens is 1. The van der Waals surface area contributed by atoms with Crippen LogP contribution in [0.3, 0.4) is 0 Å². The number of aliphatic hydroxyl groups is 3. The van der Waals surface area contributed by atoms with Crippen molar-refractivity contribution in [2.45, 2.75) is 81.0 Å². The SMILES string of the molecule is C[C@]12CCC(O)CC1CC(O)[C@@H]1[C@H]2CC[C@]2(C)C(O)C(I)C[C@@H]12. The summed E-state index contributed by atoms with van der Waals surface area (Å²) in [6.07, 6.45) is 6.40. The van der Waals surface area contributed by atoms with Crippen molar-refractivity contribution >= 4 is 22.6 Å². The molecule has 5 unspecified atom stereocenters. The van der Waals surface area contributed by atoms with E-state index in [1.807, 2.05) is 0 Å². The number of hydrogen-bond acceptors (Lipinski definition) is 3. The highest BCUT2D eigenvalue weighted by Gasteiger charge is 2.63. The van der Waals surface area contributed by atoms with Crippen LogP contribution in [0.5, 0.6) is 0 Å². The van der Waals surface area contributed by atoms with Crippen LogP contribution in [0.1, 0.15) is 58.8 Å². The highest BCUT2D eigenvalue weighted by Crippen LogP contribution is 2.66. The van der Waals surface area contributed by atoms with Gasteiger partial charge in [0.15, 0.2) is 0 Å². The minimum atomic E-state index is -0.248. The van der Waals surface area contributed by atoms with Crippen molar-refractivity contribution in [3.8, 4) is 0 Å². The molecule has 3 N–H and O–H groups in total. The van der Waals surface area contributed by atoms with E-state index in [-0.39, 0.29) is 29.1 Å². The Morgan fingerprint density at radius 2 is 1.57 bits per heavy atom. The molecule has 0 spiro atoms. The van der Waals surface area contributed by atoms with Gasteiger partial charge >= 0.3 is 0 Å². The minimum absolute atomic E-state index is 0.00855. The molecule has 132 valence electrons. The van der Waals surface area contributed by atoms with Crippen molar-refractivity contribution in [2.24, 2.45) is 34.5 Å². The Labute approximate surface area is 153 Å². The molecule has 0 bridgehead atoms. The Morgan fingerprint density at radius 1 is 0.870 bits per heavy atom. The van der Waals surface area contributed by atoms with Crippen LogP contribution >= 0.6 is 22.6 Å². The number of rotatable bonds is 0. The van der Waals surface area contributed by atoms with Gasteiger partial charge in [0.25, 0.3) is 0 Å². The summed E-state index contributed by atoms with van der Waals surface area (Å²) in [5.74, 6) is 1.83. The summed E-state index contributed by atoms with van der Waals surface area (Å²) < 4.78 is 0.326. The maximum Gasteiger partial charge on any atom is 0.0714 e. The van der Waals surface area contributed by atoms with Crippen LogP contribution < -0.4 is 0 Å². The van der Waals surface area contributed by atoms with Crippen molar-refractivity contribution in [1.82, 2.24) is 0 Å². The Bertz CT molecular complexity index is 485. The van der Waals surface area contributed by atoms with Gasteiger partial charge in [-0.05, 0) is 79.4 Å². The summed E-state index contributed by atoms with van der Waals surface area (Å²) in [6, 6.07) is 0. The second kappa shape index (κ2) is 5.55. The number of aliphatic hydroxyl groups excluding tert-OH is 3. The molecule has 0 radical (unpaired) electrons. The van der Waals surface area contributed by atoms with Gasteiger partial charge in [-0.2, -0.15) is 0 Å². The molecule has 0 saturated heterocycles. The monoisotopic (exact) mass is 434 g/mol. The lowest BCUT2D eigenvalue weighted by Crippen LogP contribution is -2.58. The van der Waals surface area contributed by atoms with E-state index in [4.69, 9.17) is 0 Å². The van der Waals surface area contributed by atoms with Gasteiger partial charge in [-0.15, -0.1) is 0 Å². The summed E-state index contributed by atoms with van der Waals surface area (Å²) in [7, 11) is 0. The quantitative estimate of drug-likeness (QED) is 0.406. The molecule has 0 amide bonds. The van der Waals surface area contributed by atoms with Crippen molar-refractivity contribution < 1.29 is 15.3 Å². The largest absolute Gasteiger partial charge is 0.393 e. The zero-order chi connectivity index (χ0) is 16.6. The molecular formula is C19H31IO3. The van der Waals surface area contributed by atoms with Gasteiger partial charge in [0.1, 0.15) is 0 Å². The second-order valence-corrected chi connectivity index (χ2v) is 11.1. The standard InChI is InChI=1S/C19H31IO3/c1-18-5-3-11(21)7-10(18)8-15(22)16-12(18)4-6-19(2)13(16)9-14(20)17(19)23/h10-17,21-23H,3-9H2,1-2H3/t10?,11?,12-,13+,14?,15?,16-,17?,18+,19+/m1/s1. The van der Waals surface area contributed by atoms with Crippen LogP contribution in [0.25, 0.3) is 0 Å². The molecule has 0 aliphatic heterocycles. The summed E-state index contributed by atoms with van der Waals surface area (Å²) in [6.45, 7) is 4.70. The molecule has 4 heteroatoms. The Kier molecular flexibility index (Phi) is 4.11. The van der Waals surface area contributed by atoms with Gasteiger partial charge in [0, 0.05) is 3.92 Å². The zero-order valence-corrected chi connectivity index (χ0v) is 16.4. The van der Waals surface area contributed by atoms with E-state index in [1.54, 1.807) is 0 Å². The molecule has 0 aromatic carbocycles. The Morgan fingerprint density at radius 3 is 2.30 bits per heavy atom. The first-order valence-corrected chi connectivity index (χ1v) is 10.7. The van der Waals surface area contributed by atoms with E-state index >= 15 is 0 Å². The van der Waals surface area contributed by atoms with Crippen molar-refractivity contribution in [2.75, 3.05) is 0 Å². The van der Waals surface area contributed by atoms with E-state index in [0.717, 1.165) is 44.9 Å². The van der Waals surface area contributed by atoms with Crippen molar-refractivity contribution in [3.63, 3.8) is 0 Å². The van der Waals surface area contributed by atoms with Crippen LogP contribution in [-0.2, 0) is 0 Å². The zero-order valence-electron chi connectivity index (χ0n) is 14.3. The van der Waals surface area contributed by atoms with Crippen LogP contribution in [0.2, 0.25) is 0 Å². The van der Waals surface area contributed by atoms with Gasteiger partial charge in [0.05, 0.1) is 18.3 Å². The highest BCUT2D eigenvalue weighted by molar-refractivity contribution is 14.1. The second-order valence-electron chi connectivity index (χ2n) is 9.47. The molecule has 10 atom stereocenters. The van der Waals surface area contributed by atoms with Crippen LogP contribution in [0.4, 0.5) is 0 Å². The normalized spacial score (nSPS) is 62.3. The number of alkyl halides is 1. The fourth-order valence-corrected chi connectivity index (χ4v) is 8.52. The molecule has 4 fully saturated rings. The summed E-state index contributed by atoms with van der Waals surface area (Å²) >= 11 is 2.42. The van der Waals surface area contributed by atoms with Crippen LogP contribution in [-0.4, -0.2) is 37.6 Å².